The number of amides is 2. The largest absolute Gasteiger partial charge is 0.352 e. The van der Waals surface area contributed by atoms with Gasteiger partial charge in [-0.2, -0.15) is 0 Å². The van der Waals surface area contributed by atoms with E-state index in [9.17, 15) is 9.59 Å². The molecule has 4 nitrogen and oxygen atoms in total. The van der Waals surface area contributed by atoms with Crippen LogP contribution in [0.3, 0.4) is 0 Å². The standard InChI is InChI=1S/C31H35ClN2O2/c32-27-16-10-15-26(21-27)23-34(30(35)20-19-24-11-4-1-5-12-24)29(22-25-13-6-2-7-14-25)31(36)33-28-17-8-3-9-18-28/h1-2,4-7,10-16,21,28-29H,3,8-9,17-20,22-23H2,(H,33,36)/t29-/m0/s1. The molecule has 0 unspecified atom stereocenters. The smallest absolute Gasteiger partial charge is 0.243 e. The van der Waals surface area contributed by atoms with E-state index >= 15 is 0 Å². The summed E-state index contributed by atoms with van der Waals surface area (Å²) in [6, 6.07) is 27.1. The van der Waals surface area contributed by atoms with Crippen molar-refractivity contribution in [1.29, 1.82) is 0 Å². The summed E-state index contributed by atoms with van der Waals surface area (Å²) in [6.45, 7) is 0.337. The van der Waals surface area contributed by atoms with E-state index in [1.165, 1.54) is 6.42 Å². The van der Waals surface area contributed by atoms with Crippen LogP contribution >= 0.6 is 11.6 Å². The van der Waals surface area contributed by atoms with Crippen molar-refractivity contribution in [1.82, 2.24) is 10.2 Å². The van der Waals surface area contributed by atoms with Gasteiger partial charge in [-0.3, -0.25) is 9.59 Å². The minimum Gasteiger partial charge on any atom is -0.352 e. The second-order valence-corrected chi connectivity index (χ2v) is 10.1. The third-order valence-corrected chi connectivity index (χ3v) is 7.17. The summed E-state index contributed by atoms with van der Waals surface area (Å²) in [6.07, 6.45) is 6.93. The molecule has 188 valence electrons. The van der Waals surface area contributed by atoms with Crippen molar-refractivity contribution in [3.05, 3.63) is 107 Å². The molecular weight excluding hydrogens is 468 g/mol. The molecule has 0 saturated heterocycles. The predicted octanol–water partition coefficient (Wildman–Crippen LogP) is 6.36. The van der Waals surface area contributed by atoms with Gasteiger partial charge in [-0.1, -0.05) is 104 Å². The number of hydrogen-bond acceptors (Lipinski definition) is 2. The Hall–Kier alpha value is -3.11. The average molecular weight is 503 g/mol. The molecular formula is C31H35ClN2O2. The maximum Gasteiger partial charge on any atom is 0.243 e. The fourth-order valence-electron chi connectivity index (χ4n) is 4.97. The van der Waals surface area contributed by atoms with Gasteiger partial charge in [-0.25, -0.2) is 0 Å². The van der Waals surface area contributed by atoms with Gasteiger partial charge < -0.3 is 10.2 Å². The normalized spacial score (nSPS) is 14.7. The summed E-state index contributed by atoms with van der Waals surface area (Å²) >= 11 is 6.27. The van der Waals surface area contributed by atoms with Gasteiger partial charge in [0, 0.05) is 30.5 Å². The number of carbonyl (C=O) groups is 2. The molecule has 3 aromatic rings. The quantitative estimate of drug-likeness (QED) is 0.350. The van der Waals surface area contributed by atoms with Crippen LogP contribution in [-0.4, -0.2) is 28.8 Å². The number of halogens is 1. The second kappa shape index (κ2) is 13.3. The Morgan fingerprint density at radius 3 is 2.14 bits per heavy atom. The molecule has 1 aliphatic rings. The highest BCUT2D eigenvalue weighted by atomic mass is 35.5. The summed E-state index contributed by atoms with van der Waals surface area (Å²) in [5, 5.41) is 3.91. The molecule has 1 N–H and O–H groups in total. The van der Waals surface area contributed by atoms with Gasteiger partial charge in [0.1, 0.15) is 6.04 Å². The molecule has 5 heteroatoms. The van der Waals surface area contributed by atoms with E-state index in [-0.39, 0.29) is 17.9 Å². The van der Waals surface area contributed by atoms with Crippen LogP contribution in [-0.2, 0) is 29.0 Å². The molecule has 3 aromatic carbocycles. The first-order valence-corrected chi connectivity index (χ1v) is 13.4. The molecule has 0 heterocycles. The molecule has 1 aliphatic carbocycles. The van der Waals surface area contributed by atoms with Crippen LogP contribution in [0.15, 0.2) is 84.9 Å². The molecule has 36 heavy (non-hydrogen) atoms. The third kappa shape index (κ3) is 7.69. The lowest BCUT2D eigenvalue weighted by molar-refractivity contribution is -0.141. The second-order valence-electron chi connectivity index (χ2n) is 9.69. The monoisotopic (exact) mass is 502 g/mol. The third-order valence-electron chi connectivity index (χ3n) is 6.93. The van der Waals surface area contributed by atoms with E-state index in [1.807, 2.05) is 84.9 Å². The van der Waals surface area contributed by atoms with Crippen LogP contribution in [0.5, 0.6) is 0 Å². The summed E-state index contributed by atoms with van der Waals surface area (Å²) in [5.74, 6) is -0.0978. The van der Waals surface area contributed by atoms with E-state index in [1.54, 1.807) is 4.90 Å². The molecule has 0 radical (unpaired) electrons. The van der Waals surface area contributed by atoms with E-state index < -0.39 is 6.04 Å². The van der Waals surface area contributed by atoms with Gasteiger partial charge in [-0.05, 0) is 48.1 Å². The van der Waals surface area contributed by atoms with E-state index in [2.05, 4.69) is 5.32 Å². The van der Waals surface area contributed by atoms with E-state index in [0.717, 1.165) is 42.4 Å². The molecule has 0 spiro atoms. The summed E-state index contributed by atoms with van der Waals surface area (Å²) in [4.78, 5) is 29.3. The molecule has 2 amide bonds. The average Bonchev–Trinajstić information content (AvgIpc) is 2.91. The van der Waals surface area contributed by atoms with Crippen molar-refractivity contribution in [2.24, 2.45) is 0 Å². The molecule has 0 aromatic heterocycles. The number of rotatable bonds is 10. The van der Waals surface area contributed by atoms with Gasteiger partial charge in [0.2, 0.25) is 11.8 Å². The van der Waals surface area contributed by atoms with Gasteiger partial charge in [0.15, 0.2) is 0 Å². The Morgan fingerprint density at radius 2 is 1.47 bits per heavy atom. The number of carbonyl (C=O) groups excluding carboxylic acids is 2. The fraction of sp³-hybridized carbons (Fsp3) is 0.355. The lowest BCUT2D eigenvalue weighted by atomic mass is 9.94. The zero-order chi connectivity index (χ0) is 25.2. The maximum absolute atomic E-state index is 13.8. The minimum absolute atomic E-state index is 0.0291. The Bertz CT molecular complexity index is 1110. The zero-order valence-corrected chi connectivity index (χ0v) is 21.5. The molecule has 0 aliphatic heterocycles. The molecule has 1 atom stereocenters. The van der Waals surface area contributed by atoms with E-state index in [4.69, 9.17) is 11.6 Å². The van der Waals surface area contributed by atoms with E-state index in [0.29, 0.717) is 30.8 Å². The number of benzene rings is 3. The Balaban J connectivity index is 1.60. The Morgan fingerprint density at radius 1 is 0.833 bits per heavy atom. The SMILES string of the molecule is O=C(NC1CCCCC1)[C@H](Cc1ccccc1)N(Cc1cccc(Cl)c1)C(=O)CCc1ccccc1. The maximum atomic E-state index is 13.8. The minimum atomic E-state index is -0.600. The Kier molecular flexibility index (Phi) is 9.57. The van der Waals surface area contributed by atoms with Crippen LogP contribution in [0.2, 0.25) is 5.02 Å². The van der Waals surface area contributed by atoms with Crippen molar-refractivity contribution in [2.45, 2.75) is 70.0 Å². The summed E-state index contributed by atoms with van der Waals surface area (Å²) in [5.41, 5.74) is 3.06. The number of nitrogens with zero attached hydrogens (tertiary/aromatic N) is 1. The lowest BCUT2D eigenvalue weighted by Gasteiger charge is -2.33. The summed E-state index contributed by atoms with van der Waals surface area (Å²) in [7, 11) is 0. The van der Waals surface area contributed by atoms with Gasteiger partial charge in [0.05, 0.1) is 0 Å². The summed E-state index contributed by atoms with van der Waals surface area (Å²) < 4.78 is 0. The van der Waals surface area contributed by atoms with Crippen molar-refractivity contribution in [2.75, 3.05) is 0 Å². The fourth-order valence-corrected chi connectivity index (χ4v) is 5.18. The predicted molar refractivity (Wildman–Crippen MR) is 146 cm³/mol. The first-order chi connectivity index (χ1) is 17.6. The highest BCUT2D eigenvalue weighted by molar-refractivity contribution is 6.30. The van der Waals surface area contributed by atoms with Crippen LogP contribution in [0.4, 0.5) is 0 Å². The van der Waals surface area contributed by atoms with Gasteiger partial charge in [0.25, 0.3) is 0 Å². The Labute approximate surface area is 219 Å². The lowest BCUT2D eigenvalue weighted by Crippen LogP contribution is -2.52. The molecule has 4 rings (SSSR count). The molecule has 0 bridgehead atoms. The molecule has 1 fully saturated rings. The highest BCUT2D eigenvalue weighted by Gasteiger charge is 2.31. The van der Waals surface area contributed by atoms with Crippen LogP contribution in [0.1, 0.15) is 55.2 Å². The van der Waals surface area contributed by atoms with Crippen molar-refractivity contribution < 1.29 is 9.59 Å². The van der Waals surface area contributed by atoms with Crippen LogP contribution in [0, 0.1) is 0 Å². The topological polar surface area (TPSA) is 49.4 Å². The van der Waals surface area contributed by atoms with Crippen molar-refractivity contribution >= 4 is 23.4 Å². The van der Waals surface area contributed by atoms with Gasteiger partial charge in [-0.15, -0.1) is 0 Å². The number of nitrogens with one attached hydrogen (secondary N) is 1. The first-order valence-electron chi connectivity index (χ1n) is 13.0. The highest BCUT2D eigenvalue weighted by Crippen LogP contribution is 2.21. The van der Waals surface area contributed by atoms with Crippen LogP contribution < -0.4 is 5.32 Å². The van der Waals surface area contributed by atoms with Crippen molar-refractivity contribution in [3.63, 3.8) is 0 Å². The number of hydrogen-bond donors (Lipinski definition) is 1. The zero-order valence-electron chi connectivity index (χ0n) is 20.7. The van der Waals surface area contributed by atoms with Crippen molar-refractivity contribution in [3.8, 4) is 0 Å². The first kappa shape index (κ1) is 26.0. The van der Waals surface area contributed by atoms with Crippen LogP contribution in [0.25, 0.3) is 0 Å². The number of aryl methyl sites for hydroxylation is 1. The van der Waals surface area contributed by atoms with Gasteiger partial charge >= 0.3 is 0 Å². The molecule has 1 saturated carbocycles.